The lowest BCUT2D eigenvalue weighted by Gasteiger charge is -2.22. The van der Waals surface area contributed by atoms with Gasteiger partial charge < -0.3 is 5.32 Å². The van der Waals surface area contributed by atoms with Gasteiger partial charge in [0.1, 0.15) is 0 Å². The molecule has 1 aromatic rings. The largest absolute Gasteiger partial charge is 0.316 e. The van der Waals surface area contributed by atoms with Gasteiger partial charge in [0.15, 0.2) is 0 Å². The summed E-state index contributed by atoms with van der Waals surface area (Å²) < 4.78 is 0. The number of hydrogen-bond acceptors (Lipinski definition) is 2. The van der Waals surface area contributed by atoms with E-state index in [0.717, 1.165) is 25.4 Å². The maximum atomic E-state index is 3.42. The maximum Gasteiger partial charge on any atom is 0.00143 e. The Morgan fingerprint density at radius 3 is 3.29 bits per heavy atom. The first-order valence-corrected chi connectivity index (χ1v) is 6.21. The van der Waals surface area contributed by atoms with E-state index in [4.69, 9.17) is 0 Å². The zero-order valence-corrected chi connectivity index (χ0v) is 9.44. The van der Waals surface area contributed by atoms with Crippen LogP contribution in [0.4, 0.5) is 0 Å². The average molecular weight is 207 g/mol. The van der Waals surface area contributed by atoms with Crippen LogP contribution in [-0.4, -0.2) is 13.1 Å². The van der Waals surface area contributed by atoms with Crippen LogP contribution >= 0.6 is 11.3 Å². The number of nitrogens with one attached hydrogen (secondary N) is 1. The van der Waals surface area contributed by atoms with Crippen molar-refractivity contribution in [2.24, 2.45) is 5.92 Å². The minimum absolute atomic E-state index is 0.724. The number of hydrogen-bond donors (Lipinski definition) is 1. The molecule has 0 aliphatic carbocycles. The summed E-state index contributed by atoms with van der Waals surface area (Å²) in [5.41, 5.74) is 3.09. The third kappa shape index (κ3) is 2.46. The van der Waals surface area contributed by atoms with Gasteiger partial charge in [-0.15, -0.1) is 0 Å². The van der Waals surface area contributed by atoms with Gasteiger partial charge in [-0.3, -0.25) is 0 Å². The molecule has 0 spiro atoms. The monoisotopic (exact) mass is 207 g/mol. The molecule has 1 N–H and O–H groups in total. The van der Waals surface area contributed by atoms with Gasteiger partial charge >= 0.3 is 0 Å². The van der Waals surface area contributed by atoms with Gasteiger partial charge in [-0.1, -0.05) is 18.6 Å². The molecule has 1 saturated heterocycles. The molecule has 1 aliphatic heterocycles. The Hall–Kier alpha value is -0.600. The number of rotatable bonds is 2. The molecule has 1 fully saturated rings. The first-order valence-electron chi connectivity index (χ1n) is 5.27. The quantitative estimate of drug-likeness (QED) is 0.735. The standard InChI is InChI=1S/C12H17NS/c1-10-8-13-6-4-12(10)3-2-11-5-7-14-9-11/h3,5,7,9-10,13H,2,4,6,8H2,1H3/b12-3+. The van der Waals surface area contributed by atoms with Gasteiger partial charge in [0.2, 0.25) is 0 Å². The Morgan fingerprint density at radius 1 is 1.64 bits per heavy atom. The molecule has 0 amide bonds. The van der Waals surface area contributed by atoms with Crippen LogP contribution in [0.2, 0.25) is 0 Å². The Balaban J connectivity index is 1.96. The topological polar surface area (TPSA) is 12.0 Å². The van der Waals surface area contributed by atoms with Crippen LogP contribution in [0.5, 0.6) is 0 Å². The minimum Gasteiger partial charge on any atom is -0.316 e. The fraction of sp³-hybridized carbons (Fsp3) is 0.500. The minimum atomic E-state index is 0.724. The lowest BCUT2D eigenvalue weighted by molar-refractivity contribution is 0.500. The maximum absolute atomic E-state index is 3.42. The van der Waals surface area contributed by atoms with Crippen molar-refractivity contribution in [1.82, 2.24) is 5.32 Å². The Kier molecular flexibility index (Phi) is 3.38. The highest BCUT2D eigenvalue weighted by Crippen LogP contribution is 2.18. The molecule has 1 nitrogen and oxygen atoms in total. The Labute approximate surface area is 89.8 Å². The predicted molar refractivity (Wildman–Crippen MR) is 62.8 cm³/mol. The zero-order chi connectivity index (χ0) is 9.80. The van der Waals surface area contributed by atoms with Gasteiger partial charge in [0.05, 0.1) is 0 Å². The summed E-state index contributed by atoms with van der Waals surface area (Å²) in [7, 11) is 0. The fourth-order valence-corrected chi connectivity index (χ4v) is 2.57. The molecule has 14 heavy (non-hydrogen) atoms. The van der Waals surface area contributed by atoms with Crippen molar-refractivity contribution in [2.75, 3.05) is 13.1 Å². The molecule has 1 atom stereocenters. The Morgan fingerprint density at radius 2 is 2.57 bits per heavy atom. The van der Waals surface area contributed by atoms with Crippen molar-refractivity contribution >= 4 is 11.3 Å². The molecule has 0 radical (unpaired) electrons. The van der Waals surface area contributed by atoms with Crippen molar-refractivity contribution in [2.45, 2.75) is 19.8 Å². The van der Waals surface area contributed by atoms with Crippen molar-refractivity contribution in [3.05, 3.63) is 34.0 Å². The molecule has 0 bridgehead atoms. The second kappa shape index (κ2) is 4.76. The van der Waals surface area contributed by atoms with E-state index >= 15 is 0 Å². The van der Waals surface area contributed by atoms with Crippen LogP contribution < -0.4 is 5.32 Å². The van der Waals surface area contributed by atoms with Crippen molar-refractivity contribution < 1.29 is 0 Å². The first kappa shape index (κ1) is 9.94. The van der Waals surface area contributed by atoms with Gasteiger partial charge in [0, 0.05) is 6.54 Å². The lowest BCUT2D eigenvalue weighted by Crippen LogP contribution is -2.30. The van der Waals surface area contributed by atoms with Gasteiger partial charge in [-0.05, 0) is 47.7 Å². The van der Waals surface area contributed by atoms with Crippen molar-refractivity contribution in [3.8, 4) is 0 Å². The van der Waals surface area contributed by atoms with E-state index in [1.807, 2.05) is 0 Å². The van der Waals surface area contributed by atoms with Crippen LogP contribution in [0.15, 0.2) is 28.5 Å². The summed E-state index contributed by atoms with van der Waals surface area (Å²) in [5.74, 6) is 0.724. The first-order chi connectivity index (χ1) is 6.86. The van der Waals surface area contributed by atoms with E-state index in [1.54, 1.807) is 16.9 Å². The number of allylic oxidation sites excluding steroid dienone is 1. The SMILES string of the molecule is CC1CNCC/C1=C\Cc1ccsc1. The third-order valence-electron chi connectivity index (χ3n) is 2.85. The molecule has 1 aromatic heterocycles. The molecule has 2 rings (SSSR count). The van der Waals surface area contributed by atoms with Crippen LogP contribution in [0.1, 0.15) is 18.9 Å². The second-order valence-electron chi connectivity index (χ2n) is 3.97. The van der Waals surface area contributed by atoms with Gasteiger partial charge in [0.25, 0.3) is 0 Å². The zero-order valence-electron chi connectivity index (χ0n) is 8.62. The third-order valence-corrected chi connectivity index (χ3v) is 3.59. The van der Waals surface area contributed by atoms with Crippen molar-refractivity contribution in [3.63, 3.8) is 0 Å². The van der Waals surface area contributed by atoms with Gasteiger partial charge in [-0.25, -0.2) is 0 Å². The normalized spacial score (nSPS) is 25.5. The van der Waals surface area contributed by atoms with Gasteiger partial charge in [-0.2, -0.15) is 11.3 Å². The summed E-state index contributed by atoms with van der Waals surface area (Å²) in [6, 6.07) is 2.22. The van der Waals surface area contributed by atoms with E-state index in [9.17, 15) is 0 Å². The number of thiophene rings is 1. The highest BCUT2D eigenvalue weighted by molar-refractivity contribution is 7.07. The van der Waals surface area contributed by atoms with Crippen LogP contribution in [0, 0.1) is 5.92 Å². The van der Waals surface area contributed by atoms with E-state index in [0.29, 0.717) is 0 Å². The molecule has 1 aliphatic rings. The number of piperidine rings is 1. The molecule has 76 valence electrons. The van der Waals surface area contributed by atoms with Crippen molar-refractivity contribution in [1.29, 1.82) is 0 Å². The summed E-state index contributed by atoms with van der Waals surface area (Å²) in [6.07, 6.45) is 4.77. The summed E-state index contributed by atoms with van der Waals surface area (Å²) in [6.45, 7) is 4.61. The van der Waals surface area contributed by atoms with E-state index < -0.39 is 0 Å². The molecule has 0 saturated carbocycles. The van der Waals surface area contributed by atoms with E-state index in [1.165, 1.54) is 12.0 Å². The second-order valence-corrected chi connectivity index (χ2v) is 4.75. The summed E-state index contributed by atoms with van der Waals surface area (Å²) in [4.78, 5) is 0. The molecule has 2 heteroatoms. The summed E-state index contributed by atoms with van der Waals surface area (Å²) >= 11 is 1.79. The molecular weight excluding hydrogens is 190 g/mol. The highest BCUT2D eigenvalue weighted by atomic mass is 32.1. The van der Waals surface area contributed by atoms with Crippen LogP contribution in [0.3, 0.4) is 0 Å². The lowest BCUT2D eigenvalue weighted by atomic mass is 9.93. The van der Waals surface area contributed by atoms with Crippen LogP contribution in [0.25, 0.3) is 0 Å². The van der Waals surface area contributed by atoms with E-state index in [2.05, 4.69) is 35.1 Å². The summed E-state index contributed by atoms with van der Waals surface area (Å²) in [5, 5.41) is 7.81. The molecule has 1 unspecified atom stereocenters. The fourth-order valence-electron chi connectivity index (χ4n) is 1.89. The smallest absolute Gasteiger partial charge is 0.00143 e. The average Bonchev–Trinajstić information content (AvgIpc) is 2.69. The van der Waals surface area contributed by atoms with E-state index in [-0.39, 0.29) is 0 Å². The Bertz CT molecular complexity index is 300. The molecular formula is C12H17NS. The van der Waals surface area contributed by atoms with Crippen LogP contribution in [-0.2, 0) is 6.42 Å². The predicted octanol–water partition coefficient (Wildman–Crippen LogP) is 2.85. The highest BCUT2D eigenvalue weighted by Gasteiger charge is 2.12. The molecule has 2 heterocycles. The molecule has 0 aromatic carbocycles.